The van der Waals surface area contributed by atoms with Gasteiger partial charge in [-0.25, -0.2) is 9.78 Å². The number of nitrogens with two attached hydrogens (primary N) is 2. The van der Waals surface area contributed by atoms with Gasteiger partial charge in [-0.1, -0.05) is 12.1 Å². The van der Waals surface area contributed by atoms with Crippen LogP contribution >= 0.6 is 0 Å². The molecule has 0 radical (unpaired) electrons. The van der Waals surface area contributed by atoms with E-state index >= 15 is 0 Å². The van der Waals surface area contributed by atoms with Gasteiger partial charge in [-0.3, -0.25) is 4.79 Å². The minimum Gasteiger partial charge on any atom is -0.492 e. The smallest absolute Gasteiger partial charge is 0.316 e. The van der Waals surface area contributed by atoms with Crippen molar-refractivity contribution >= 4 is 17.6 Å². The Labute approximate surface area is 114 Å². The average molecular weight is 275 g/mol. The Morgan fingerprint density at radius 3 is 2.45 bits per heavy atom. The van der Waals surface area contributed by atoms with Crippen LogP contribution in [0.1, 0.15) is 16.1 Å². The van der Waals surface area contributed by atoms with E-state index < -0.39 is 17.8 Å². The van der Waals surface area contributed by atoms with Crippen molar-refractivity contribution < 1.29 is 14.7 Å². The number of carbonyl (C=O) groups excluding carboxylic acids is 2. The van der Waals surface area contributed by atoms with Crippen LogP contribution in [0.15, 0.2) is 30.6 Å². The lowest BCUT2D eigenvalue weighted by molar-refractivity contribution is 0.0989. The molecule has 0 spiro atoms. The molecule has 1 aromatic heterocycles. The minimum atomic E-state index is -0.757. The Hall–Kier alpha value is -3.03. The van der Waals surface area contributed by atoms with E-state index in [0.717, 1.165) is 5.56 Å². The molecule has 0 aliphatic rings. The van der Waals surface area contributed by atoms with Gasteiger partial charge in [-0.05, 0) is 17.7 Å². The molecule has 1 aromatic carbocycles. The van der Waals surface area contributed by atoms with Crippen LogP contribution in [0, 0.1) is 0 Å². The molecular formula is C12H13N5O3. The molecule has 0 aliphatic carbocycles. The summed E-state index contributed by atoms with van der Waals surface area (Å²) in [5, 5.41) is 11.9. The standard InChI is InChI=1S/C12H13N5O3/c13-10(18)9-11(19)15-6-17(9)5-7-1-3-8(4-2-7)16-12(14)20/h1-4,6,19H,5H2,(H2,13,18)(H3,14,16,20). The van der Waals surface area contributed by atoms with Crippen molar-refractivity contribution in [1.82, 2.24) is 9.55 Å². The van der Waals surface area contributed by atoms with E-state index in [0.29, 0.717) is 12.2 Å². The maximum absolute atomic E-state index is 11.2. The lowest BCUT2D eigenvalue weighted by atomic mass is 10.2. The van der Waals surface area contributed by atoms with Gasteiger partial charge in [0.05, 0.1) is 6.33 Å². The van der Waals surface area contributed by atoms with Crippen LogP contribution in [-0.4, -0.2) is 26.6 Å². The van der Waals surface area contributed by atoms with Gasteiger partial charge in [0.15, 0.2) is 5.69 Å². The third-order valence-electron chi connectivity index (χ3n) is 2.63. The minimum absolute atomic E-state index is 0.0515. The molecule has 1 heterocycles. The molecule has 0 saturated heterocycles. The number of rotatable bonds is 4. The zero-order chi connectivity index (χ0) is 14.7. The van der Waals surface area contributed by atoms with Crippen LogP contribution in [0.3, 0.4) is 0 Å². The number of carbonyl (C=O) groups is 2. The first-order valence-corrected chi connectivity index (χ1v) is 5.66. The van der Waals surface area contributed by atoms with Crippen molar-refractivity contribution in [2.75, 3.05) is 5.32 Å². The first kappa shape index (κ1) is 13.4. The monoisotopic (exact) mass is 275 g/mol. The summed E-state index contributed by atoms with van der Waals surface area (Å²) in [6.45, 7) is 0.308. The molecule has 0 unspecified atom stereocenters. The predicted molar refractivity (Wildman–Crippen MR) is 71.2 cm³/mol. The second-order valence-electron chi connectivity index (χ2n) is 4.10. The van der Waals surface area contributed by atoms with E-state index in [2.05, 4.69) is 10.3 Å². The molecule has 104 valence electrons. The van der Waals surface area contributed by atoms with Gasteiger partial charge in [-0.15, -0.1) is 0 Å². The normalized spacial score (nSPS) is 10.2. The lowest BCUT2D eigenvalue weighted by Crippen LogP contribution is -2.19. The summed E-state index contributed by atoms with van der Waals surface area (Å²) >= 11 is 0. The molecule has 2 aromatic rings. The summed E-state index contributed by atoms with van der Waals surface area (Å²) in [5.41, 5.74) is 11.5. The van der Waals surface area contributed by atoms with E-state index in [1.165, 1.54) is 10.9 Å². The number of urea groups is 1. The Kier molecular flexibility index (Phi) is 3.56. The Morgan fingerprint density at radius 2 is 1.90 bits per heavy atom. The molecule has 8 nitrogen and oxygen atoms in total. The maximum Gasteiger partial charge on any atom is 0.316 e. The van der Waals surface area contributed by atoms with Crippen molar-refractivity contribution in [3.63, 3.8) is 0 Å². The van der Waals surface area contributed by atoms with Gasteiger partial charge in [-0.2, -0.15) is 0 Å². The number of aromatic hydroxyl groups is 1. The van der Waals surface area contributed by atoms with Crippen molar-refractivity contribution in [1.29, 1.82) is 0 Å². The number of aromatic nitrogens is 2. The van der Waals surface area contributed by atoms with E-state index in [1.54, 1.807) is 24.3 Å². The zero-order valence-corrected chi connectivity index (χ0v) is 10.4. The molecular weight excluding hydrogens is 262 g/mol. The van der Waals surface area contributed by atoms with Crippen molar-refractivity contribution in [3.05, 3.63) is 41.9 Å². The number of hydrogen-bond acceptors (Lipinski definition) is 4. The highest BCUT2D eigenvalue weighted by Gasteiger charge is 2.15. The lowest BCUT2D eigenvalue weighted by Gasteiger charge is -2.07. The van der Waals surface area contributed by atoms with Crippen LogP contribution in [0.2, 0.25) is 0 Å². The summed E-state index contributed by atoms with van der Waals surface area (Å²) in [4.78, 5) is 25.5. The van der Waals surface area contributed by atoms with Gasteiger partial charge in [0.1, 0.15) is 0 Å². The highest BCUT2D eigenvalue weighted by molar-refractivity contribution is 5.93. The number of hydrogen-bond donors (Lipinski definition) is 4. The second-order valence-corrected chi connectivity index (χ2v) is 4.10. The fourth-order valence-electron chi connectivity index (χ4n) is 1.78. The van der Waals surface area contributed by atoms with Gasteiger partial charge in [0, 0.05) is 12.2 Å². The fourth-order valence-corrected chi connectivity index (χ4v) is 1.78. The molecule has 0 bridgehead atoms. The highest BCUT2D eigenvalue weighted by atomic mass is 16.3. The van der Waals surface area contributed by atoms with Crippen molar-refractivity contribution in [2.24, 2.45) is 11.5 Å². The molecule has 0 saturated carbocycles. The molecule has 3 amide bonds. The Balaban J connectivity index is 2.18. The summed E-state index contributed by atoms with van der Waals surface area (Å²) in [6, 6.07) is 6.18. The highest BCUT2D eigenvalue weighted by Crippen LogP contribution is 2.16. The van der Waals surface area contributed by atoms with E-state index in [4.69, 9.17) is 11.5 Å². The SMILES string of the molecule is NC(=O)Nc1ccc(Cn2cnc(O)c2C(N)=O)cc1. The summed E-state index contributed by atoms with van der Waals surface area (Å²) in [5.74, 6) is -1.16. The van der Waals surface area contributed by atoms with Crippen molar-refractivity contribution in [2.45, 2.75) is 6.54 Å². The van der Waals surface area contributed by atoms with Crippen molar-refractivity contribution in [3.8, 4) is 5.88 Å². The van der Waals surface area contributed by atoms with Gasteiger partial charge < -0.3 is 26.5 Å². The zero-order valence-electron chi connectivity index (χ0n) is 10.4. The van der Waals surface area contributed by atoms with Crippen LogP contribution in [-0.2, 0) is 6.54 Å². The van der Waals surface area contributed by atoms with E-state index in [1.807, 2.05) is 0 Å². The number of anilines is 1. The number of nitrogens with zero attached hydrogens (tertiary/aromatic N) is 2. The number of imidazole rings is 1. The van der Waals surface area contributed by atoms with E-state index in [-0.39, 0.29) is 5.69 Å². The summed E-state index contributed by atoms with van der Waals surface area (Å²) in [7, 11) is 0. The quantitative estimate of drug-likeness (QED) is 0.634. The molecule has 8 heteroatoms. The van der Waals surface area contributed by atoms with Crippen LogP contribution in [0.5, 0.6) is 5.88 Å². The van der Waals surface area contributed by atoms with Crippen LogP contribution in [0.25, 0.3) is 0 Å². The first-order valence-electron chi connectivity index (χ1n) is 5.66. The summed E-state index contributed by atoms with van der Waals surface area (Å²) < 4.78 is 1.44. The third-order valence-corrected chi connectivity index (χ3v) is 2.63. The molecule has 0 fully saturated rings. The molecule has 0 atom stereocenters. The third kappa shape index (κ3) is 2.86. The van der Waals surface area contributed by atoms with E-state index in [9.17, 15) is 14.7 Å². The first-order chi connectivity index (χ1) is 9.47. The topological polar surface area (TPSA) is 136 Å². The number of amides is 3. The van der Waals surface area contributed by atoms with Crippen LogP contribution in [0.4, 0.5) is 10.5 Å². The molecule has 0 aliphatic heterocycles. The second kappa shape index (κ2) is 5.31. The van der Waals surface area contributed by atoms with Gasteiger partial charge >= 0.3 is 6.03 Å². The number of benzene rings is 1. The fraction of sp³-hybridized carbons (Fsp3) is 0.0833. The summed E-state index contributed by atoms with van der Waals surface area (Å²) in [6.07, 6.45) is 1.32. The van der Waals surface area contributed by atoms with Crippen LogP contribution < -0.4 is 16.8 Å². The molecule has 6 N–H and O–H groups in total. The van der Waals surface area contributed by atoms with Gasteiger partial charge in [0.2, 0.25) is 5.88 Å². The Bertz CT molecular complexity index is 648. The largest absolute Gasteiger partial charge is 0.492 e. The molecule has 20 heavy (non-hydrogen) atoms. The average Bonchev–Trinajstić information content (AvgIpc) is 2.72. The number of primary amides is 2. The Morgan fingerprint density at radius 1 is 1.25 bits per heavy atom. The number of nitrogens with one attached hydrogen (secondary N) is 1. The van der Waals surface area contributed by atoms with Gasteiger partial charge in [0.25, 0.3) is 5.91 Å². The predicted octanol–water partition coefficient (Wildman–Crippen LogP) is 0.226. The maximum atomic E-state index is 11.2. The molecule has 2 rings (SSSR count).